The van der Waals surface area contributed by atoms with Crippen molar-refractivity contribution in [3.8, 4) is 0 Å². The monoisotopic (exact) mass is 449 g/mol. The molecule has 0 spiro atoms. The average Bonchev–Trinajstić information content (AvgIpc) is 2.77. The molecule has 1 aliphatic heterocycles. The second-order valence-electron chi connectivity index (χ2n) is 7.67. The van der Waals surface area contributed by atoms with Gasteiger partial charge in [-0.05, 0) is 56.2 Å². The lowest BCUT2D eigenvalue weighted by Crippen LogP contribution is -2.46. The molecular weight excluding hydrogens is 422 g/mol. The number of anilines is 1. The van der Waals surface area contributed by atoms with Crippen LogP contribution < -0.4 is 10.2 Å². The molecule has 0 saturated carbocycles. The van der Waals surface area contributed by atoms with Gasteiger partial charge in [0.2, 0.25) is 15.9 Å². The van der Waals surface area contributed by atoms with Gasteiger partial charge in [0.15, 0.2) is 0 Å². The molecule has 1 unspecified atom stereocenters. The number of benzene rings is 2. The van der Waals surface area contributed by atoms with Crippen LogP contribution in [-0.4, -0.2) is 51.4 Å². The first-order valence-electron chi connectivity index (χ1n) is 10.1. The summed E-state index contributed by atoms with van der Waals surface area (Å²) >= 11 is 5.85. The number of nitrogens with one attached hydrogen (secondary N) is 1. The van der Waals surface area contributed by atoms with Crippen molar-refractivity contribution in [2.24, 2.45) is 5.92 Å². The first kappa shape index (κ1) is 22.6. The highest BCUT2D eigenvalue weighted by Gasteiger charge is 2.32. The molecule has 3 rings (SSSR count). The van der Waals surface area contributed by atoms with E-state index >= 15 is 0 Å². The van der Waals surface area contributed by atoms with Crippen molar-refractivity contribution in [3.05, 3.63) is 59.6 Å². The van der Waals surface area contributed by atoms with Crippen LogP contribution in [0.3, 0.4) is 0 Å². The van der Waals surface area contributed by atoms with Gasteiger partial charge in [0.25, 0.3) is 0 Å². The highest BCUT2D eigenvalue weighted by Crippen LogP contribution is 2.25. The SMILES string of the molecule is CC(CNC(=O)C1CCN(S(=O)(=O)c2ccc(Cl)cc2)CC1)N(C)c1ccccc1. The number of rotatable bonds is 7. The maximum Gasteiger partial charge on any atom is 0.243 e. The van der Waals surface area contributed by atoms with Crippen LogP contribution in [0, 0.1) is 5.92 Å². The molecule has 1 atom stereocenters. The number of carbonyl (C=O) groups excluding carboxylic acids is 1. The zero-order valence-electron chi connectivity index (χ0n) is 17.3. The third kappa shape index (κ3) is 5.33. The quantitative estimate of drug-likeness (QED) is 0.703. The van der Waals surface area contributed by atoms with E-state index in [2.05, 4.69) is 17.1 Å². The third-order valence-corrected chi connectivity index (χ3v) is 7.84. The van der Waals surface area contributed by atoms with Gasteiger partial charge in [0, 0.05) is 49.4 Å². The van der Waals surface area contributed by atoms with E-state index in [4.69, 9.17) is 11.6 Å². The smallest absolute Gasteiger partial charge is 0.243 e. The number of hydrogen-bond donors (Lipinski definition) is 1. The average molecular weight is 450 g/mol. The molecule has 30 heavy (non-hydrogen) atoms. The molecule has 6 nitrogen and oxygen atoms in total. The van der Waals surface area contributed by atoms with Crippen LogP contribution >= 0.6 is 11.6 Å². The highest BCUT2D eigenvalue weighted by atomic mass is 35.5. The zero-order valence-corrected chi connectivity index (χ0v) is 18.9. The molecule has 8 heteroatoms. The Balaban J connectivity index is 1.50. The zero-order chi connectivity index (χ0) is 21.7. The van der Waals surface area contributed by atoms with Gasteiger partial charge in [0.1, 0.15) is 0 Å². The van der Waals surface area contributed by atoms with Crippen molar-refractivity contribution in [1.29, 1.82) is 0 Å². The first-order chi connectivity index (χ1) is 14.3. The van der Waals surface area contributed by atoms with Gasteiger partial charge in [-0.15, -0.1) is 0 Å². The molecular formula is C22H28ClN3O3S. The van der Waals surface area contributed by atoms with Gasteiger partial charge < -0.3 is 10.2 Å². The highest BCUT2D eigenvalue weighted by molar-refractivity contribution is 7.89. The van der Waals surface area contributed by atoms with Crippen LogP contribution in [0.25, 0.3) is 0 Å². The summed E-state index contributed by atoms with van der Waals surface area (Å²) in [6, 6.07) is 16.3. The number of nitrogens with zero attached hydrogens (tertiary/aromatic N) is 2. The van der Waals surface area contributed by atoms with E-state index < -0.39 is 10.0 Å². The number of sulfonamides is 1. The Morgan fingerprint density at radius 3 is 2.33 bits per heavy atom. The van der Waals surface area contributed by atoms with E-state index in [0.717, 1.165) is 5.69 Å². The number of carbonyl (C=O) groups is 1. The molecule has 0 aliphatic carbocycles. The molecule has 1 fully saturated rings. The second-order valence-corrected chi connectivity index (χ2v) is 10.0. The lowest BCUT2D eigenvalue weighted by Gasteiger charge is -2.31. The van der Waals surface area contributed by atoms with Gasteiger partial charge in [-0.25, -0.2) is 8.42 Å². The Morgan fingerprint density at radius 2 is 1.73 bits per heavy atom. The molecule has 1 heterocycles. The predicted molar refractivity (Wildman–Crippen MR) is 120 cm³/mol. The Labute approximate surface area is 183 Å². The van der Waals surface area contributed by atoms with E-state index in [9.17, 15) is 13.2 Å². The minimum absolute atomic E-state index is 0.00754. The molecule has 0 bridgehead atoms. The van der Waals surface area contributed by atoms with Crippen LogP contribution in [0.2, 0.25) is 5.02 Å². The molecule has 0 radical (unpaired) electrons. The summed E-state index contributed by atoms with van der Waals surface area (Å²) in [6.07, 6.45) is 1.03. The first-order valence-corrected chi connectivity index (χ1v) is 11.9. The van der Waals surface area contributed by atoms with Crippen LogP contribution in [0.4, 0.5) is 5.69 Å². The summed E-state index contributed by atoms with van der Waals surface area (Å²) in [5.41, 5.74) is 1.10. The Bertz CT molecular complexity index is 943. The summed E-state index contributed by atoms with van der Waals surface area (Å²) in [5, 5.41) is 3.53. The Morgan fingerprint density at radius 1 is 1.13 bits per heavy atom. The van der Waals surface area contributed by atoms with Crippen LogP contribution in [0.15, 0.2) is 59.5 Å². The fraction of sp³-hybridized carbons (Fsp3) is 0.409. The fourth-order valence-corrected chi connectivity index (χ4v) is 5.16. The Hall–Kier alpha value is -2.09. The molecule has 162 valence electrons. The topological polar surface area (TPSA) is 69.7 Å². The molecule has 2 aromatic rings. The van der Waals surface area contributed by atoms with E-state index in [0.29, 0.717) is 37.5 Å². The van der Waals surface area contributed by atoms with Gasteiger partial charge in [-0.1, -0.05) is 29.8 Å². The lowest BCUT2D eigenvalue weighted by atomic mass is 9.97. The molecule has 0 aromatic heterocycles. The molecule has 1 saturated heterocycles. The summed E-state index contributed by atoms with van der Waals surface area (Å²) in [6.45, 7) is 3.27. The number of likely N-dealkylation sites (N-methyl/N-ethyl adjacent to an activating group) is 1. The number of halogens is 1. The van der Waals surface area contributed by atoms with Gasteiger partial charge in [-0.3, -0.25) is 4.79 Å². The van der Waals surface area contributed by atoms with Crippen molar-refractivity contribution in [2.75, 3.05) is 31.6 Å². The third-order valence-electron chi connectivity index (χ3n) is 5.67. The van der Waals surface area contributed by atoms with E-state index in [-0.39, 0.29) is 22.8 Å². The van der Waals surface area contributed by atoms with Crippen molar-refractivity contribution < 1.29 is 13.2 Å². The van der Waals surface area contributed by atoms with Crippen LogP contribution in [-0.2, 0) is 14.8 Å². The van der Waals surface area contributed by atoms with Gasteiger partial charge in [0.05, 0.1) is 4.90 Å². The molecule has 1 aliphatic rings. The number of hydrogen-bond acceptors (Lipinski definition) is 4. The standard InChI is InChI=1S/C22H28ClN3O3S/c1-17(25(2)20-6-4-3-5-7-20)16-24-22(27)18-12-14-26(15-13-18)30(28,29)21-10-8-19(23)9-11-21/h3-11,17-18H,12-16H2,1-2H3,(H,24,27). The van der Waals surface area contributed by atoms with Crippen molar-refractivity contribution in [1.82, 2.24) is 9.62 Å². The van der Waals surface area contributed by atoms with E-state index in [1.165, 1.54) is 16.4 Å². The van der Waals surface area contributed by atoms with Crippen molar-refractivity contribution in [2.45, 2.75) is 30.7 Å². The van der Waals surface area contributed by atoms with E-state index in [1.807, 2.05) is 37.4 Å². The number of para-hydroxylation sites is 1. The maximum absolute atomic E-state index is 12.8. The van der Waals surface area contributed by atoms with Gasteiger partial charge in [-0.2, -0.15) is 4.31 Å². The summed E-state index contributed by atoms with van der Waals surface area (Å²) in [5.74, 6) is -0.178. The summed E-state index contributed by atoms with van der Waals surface area (Å²) in [4.78, 5) is 15.0. The fourth-order valence-electron chi connectivity index (χ4n) is 3.56. The predicted octanol–water partition coefficient (Wildman–Crippen LogP) is 3.38. The normalized spacial score (nSPS) is 16.8. The van der Waals surface area contributed by atoms with Crippen molar-refractivity contribution in [3.63, 3.8) is 0 Å². The largest absolute Gasteiger partial charge is 0.370 e. The van der Waals surface area contributed by atoms with Crippen molar-refractivity contribution >= 4 is 33.2 Å². The summed E-state index contributed by atoms with van der Waals surface area (Å²) in [7, 11) is -1.55. The van der Waals surface area contributed by atoms with Gasteiger partial charge >= 0.3 is 0 Å². The lowest BCUT2D eigenvalue weighted by molar-refractivity contribution is -0.126. The minimum atomic E-state index is -3.56. The van der Waals surface area contributed by atoms with Crippen LogP contribution in [0.5, 0.6) is 0 Å². The number of piperidine rings is 1. The minimum Gasteiger partial charge on any atom is -0.370 e. The summed E-state index contributed by atoms with van der Waals surface area (Å²) < 4.78 is 27.0. The molecule has 2 aromatic carbocycles. The van der Waals surface area contributed by atoms with E-state index in [1.54, 1.807) is 12.1 Å². The van der Waals surface area contributed by atoms with Crippen LogP contribution in [0.1, 0.15) is 19.8 Å². The molecule has 1 amide bonds. The Kier molecular flexibility index (Phi) is 7.39. The number of amides is 1. The maximum atomic E-state index is 12.8. The molecule has 1 N–H and O–H groups in total. The second kappa shape index (κ2) is 9.81.